The molecule has 1 aliphatic heterocycles. The Balaban J connectivity index is 1.81. The Morgan fingerprint density at radius 2 is 2.09 bits per heavy atom. The maximum absolute atomic E-state index is 13.2. The number of carbonyl (C=O) groups excluding carboxylic acids is 1. The Kier molecular flexibility index (Phi) is 3.23. The number of likely N-dealkylation sites (tertiary alicyclic amines) is 1. The predicted molar refractivity (Wildman–Crippen MR) is 89.3 cm³/mol. The van der Waals surface area contributed by atoms with Crippen LogP contribution in [0.5, 0.6) is 0 Å². The molecule has 1 aromatic rings. The number of hydrogen-bond donors (Lipinski definition) is 0. The van der Waals surface area contributed by atoms with Crippen LogP contribution in [0, 0.1) is 18.8 Å². The average molecular weight is 297 g/mol. The van der Waals surface area contributed by atoms with Gasteiger partial charge in [0, 0.05) is 17.5 Å². The van der Waals surface area contributed by atoms with E-state index in [1.165, 1.54) is 30.4 Å². The van der Waals surface area contributed by atoms with Crippen LogP contribution in [0.25, 0.3) is 0 Å². The summed E-state index contributed by atoms with van der Waals surface area (Å²) < 4.78 is 0. The first-order valence-electron chi connectivity index (χ1n) is 8.96. The molecule has 2 bridgehead atoms. The molecular formula is C20H27NO. The van der Waals surface area contributed by atoms with Gasteiger partial charge in [-0.1, -0.05) is 37.6 Å². The molecule has 1 aromatic carbocycles. The highest BCUT2D eigenvalue weighted by Gasteiger charge is 2.54. The van der Waals surface area contributed by atoms with Gasteiger partial charge in [-0.05, 0) is 56.6 Å². The number of carbonyl (C=O) groups is 1. The first-order chi connectivity index (χ1) is 10.6. The van der Waals surface area contributed by atoms with Gasteiger partial charge < -0.3 is 0 Å². The number of rotatable bonds is 3. The van der Waals surface area contributed by atoms with Crippen molar-refractivity contribution in [1.29, 1.82) is 0 Å². The second kappa shape index (κ2) is 4.92. The Bertz CT molecular complexity index is 618. The highest BCUT2D eigenvalue weighted by Crippen LogP contribution is 2.51. The molecule has 3 atom stereocenters. The Labute approximate surface area is 133 Å². The van der Waals surface area contributed by atoms with Gasteiger partial charge in [-0.2, -0.15) is 0 Å². The van der Waals surface area contributed by atoms with Crippen molar-refractivity contribution in [2.24, 2.45) is 11.8 Å². The van der Waals surface area contributed by atoms with Crippen LogP contribution in [0.15, 0.2) is 18.2 Å². The fourth-order valence-corrected chi connectivity index (χ4v) is 5.07. The van der Waals surface area contributed by atoms with E-state index in [0.29, 0.717) is 11.7 Å². The van der Waals surface area contributed by atoms with Crippen LogP contribution < -0.4 is 0 Å². The summed E-state index contributed by atoms with van der Waals surface area (Å²) >= 11 is 0. The number of piperidine rings is 1. The molecule has 0 amide bonds. The molecule has 2 fully saturated rings. The van der Waals surface area contributed by atoms with Gasteiger partial charge in [0.15, 0.2) is 5.78 Å². The summed E-state index contributed by atoms with van der Waals surface area (Å²) in [7, 11) is 0. The highest BCUT2D eigenvalue weighted by atomic mass is 16.1. The zero-order valence-electron chi connectivity index (χ0n) is 14.1. The molecule has 2 aliphatic carbocycles. The van der Waals surface area contributed by atoms with Crippen LogP contribution in [0.1, 0.15) is 61.0 Å². The smallest absolute Gasteiger partial charge is 0.180 e. The summed E-state index contributed by atoms with van der Waals surface area (Å²) in [4.78, 5) is 15.7. The molecule has 1 saturated carbocycles. The topological polar surface area (TPSA) is 20.3 Å². The first-order valence-corrected chi connectivity index (χ1v) is 8.96. The van der Waals surface area contributed by atoms with Gasteiger partial charge in [-0.25, -0.2) is 0 Å². The summed E-state index contributed by atoms with van der Waals surface area (Å²) in [5, 5.41) is 0. The molecule has 0 radical (unpaired) electrons. The lowest BCUT2D eigenvalue weighted by molar-refractivity contribution is 0.0197. The number of nitrogens with zero attached hydrogens (tertiary/aromatic N) is 1. The van der Waals surface area contributed by atoms with Gasteiger partial charge in [0.1, 0.15) is 0 Å². The van der Waals surface area contributed by atoms with E-state index in [9.17, 15) is 4.79 Å². The summed E-state index contributed by atoms with van der Waals surface area (Å²) in [5.41, 5.74) is 3.84. The minimum atomic E-state index is 0.115. The second-order valence-electron chi connectivity index (χ2n) is 7.84. The Morgan fingerprint density at radius 3 is 2.77 bits per heavy atom. The molecular weight excluding hydrogens is 270 g/mol. The third kappa shape index (κ3) is 1.93. The normalized spacial score (nSPS) is 34.6. The number of hydrogen-bond acceptors (Lipinski definition) is 2. The van der Waals surface area contributed by atoms with Gasteiger partial charge in [-0.15, -0.1) is 0 Å². The second-order valence-corrected chi connectivity index (χ2v) is 7.84. The van der Waals surface area contributed by atoms with Crippen molar-refractivity contribution in [3.05, 3.63) is 34.9 Å². The van der Waals surface area contributed by atoms with Crippen molar-refractivity contribution in [3.8, 4) is 0 Å². The van der Waals surface area contributed by atoms with Crippen LogP contribution >= 0.6 is 0 Å². The van der Waals surface area contributed by atoms with Crippen LogP contribution in [-0.4, -0.2) is 29.8 Å². The summed E-state index contributed by atoms with van der Waals surface area (Å²) in [6.45, 7) is 9.02. The lowest BCUT2D eigenvalue weighted by atomic mass is 9.56. The van der Waals surface area contributed by atoms with Crippen molar-refractivity contribution in [2.75, 3.05) is 13.1 Å². The van der Waals surface area contributed by atoms with Gasteiger partial charge in [0.05, 0.1) is 6.04 Å². The number of aryl methyl sites for hydroxylation is 1. The molecule has 0 spiro atoms. The predicted octanol–water partition coefficient (Wildman–Crippen LogP) is 3.96. The van der Waals surface area contributed by atoms with Crippen molar-refractivity contribution >= 4 is 5.78 Å². The summed E-state index contributed by atoms with van der Waals surface area (Å²) in [6.07, 6.45) is 5.07. The van der Waals surface area contributed by atoms with E-state index in [1.807, 2.05) is 0 Å². The number of ketones is 1. The Hall–Kier alpha value is -1.15. The largest absolute Gasteiger partial charge is 0.293 e. The van der Waals surface area contributed by atoms with E-state index < -0.39 is 0 Å². The molecule has 1 saturated heterocycles. The lowest BCUT2D eigenvalue weighted by Crippen LogP contribution is -2.61. The summed E-state index contributed by atoms with van der Waals surface area (Å²) in [6, 6.07) is 6.61. The van der Waals surface area contributed by atoms with Crippen LogP contribution in [0.2, 0.25) is 0 Å². The minimum Gasteiger partial charge on any atom is -0.293 e. The molecule has 4 rings (SSSR count). The molecule has 1 unspecified atom stereocenters. The van der Waals surface area contributed by atoms with Crippen molar-refractivity contribution in [2.45, 2.75) is 57.9 Å². The molecule has 3 aliphatic rings. The molecule has 22 heavy (non-hydrogen) atoms. The maximum Gasteiger partial charge on any atom is 0.180 e. The first kappa shape index (κ1) is 14.4. The minimum absolute atomic E-state index is 0.115. The quantitative estimate of drug-likeness (QED) is 0.841. The molecule has 118 valence electrons. The van der Waals surface area contributed by atoms with Crippen molar-refractivity contribution in [1.82, 2.24) is 4.90 Å². The van der Waals surface area contributed by atoms with Crippen LogP contribution in [-0.2, 0) is 5.41 Å². The van der Waals surface area contributed by atoms with E-state index in [-0.39, 0.29) is 11.5 Å². The number of Topliss-reactive ketones (excluding diaryl/α,β-unsaturated/α-hetero) is 1. The van der Waals surface area contributed by atoms with Gasteiger partial charge in [0.25, 0.3) is 0 Å². The number of fused-ring (bicyclic) bond motifs is 4. The molecule has 2 nitrogen and oxygen atoms in total. The summed E-state index contributed by atoms with van der Waals surface area (Å²) in [5.74, 6) is 1.67. The van der Waals surface area contributed by atoms with Crippen molar-refractivity contribution in [3.63, 3.8) is 0 Å². The zero-order valence-corrected chi connectivity index (χ0v) is 14.1. The van der Waals surface area contributed by atoms with E-state index in [0.717, 1.165) is 31.0 Å². The van der Waals surface area contributed by atoms with Gasteiger partial charge >= 0.3 is 0 Å². The van der Waals surface area contributed by atoms with E-state index in [2.05, 4.69) is 43.9 Å². The average Bonchev–Trinajstić information content (AvgIpc) is 3.30. The molecule has 0 N–H and O–H groups in total. The number of benzene rings is 1. The van der Waals surface area contributed by atoms with Crippen LogP contribution in [0.4, 0.5) is 0 Å². The SMILES string of the molecule is CC[C@@]12CCN(CC3CC3)C(C(=O)c3ccc(C)cc31)[C@@H]2C. The third-order valence-corrected chi connectivity index (χ3v) is 6.65. The molecule has 1 heterocycles. The lowest BCUT2D eigenvalue weighted by Gasteiger charge is -2.55. The monoisotopic (exact) mass is 297 g/mol. The molecule has 2 heteroatoms. The van der Waals surface area contributed by atoms with Crippen LogP contribution in [0.3, 0.4) is 0 Å². The highest BCUT2D eigenvalue weighted by molar-refractivity contribution is 6.03. The van der Waals surface area contributed by atoms with E-state index >= 15 is 0 Å². The fraction of sp³-hybridized carbons (Fsp3) is 0.650. The molecule has 0 aromatic heterocycles. The van der Waals surface area contributed by atoms with E-state index in [4.69, 9.17) is 0 Å². The van der Waals surface area contributed by atoms with Crippen molar-refractivity contribution < 1.29 is 4.79 Å². The zero-order chi connectivity index (χ0) is 15.5. The van der Waals surface area contributed by atoms with Gasteiger partial charge in [-0.3, -0.25) is 9.69 Å². The standard InChI is InChI=1S/C20H27NO/c1-4-20-9-10-21(12-15-6-7-15)18(14(20)3)19(22)16-8-5-13(2)11-17(16)20/h5,8,11,14-15,18H,4,6-7,9-10,12H2,1-3H3/t14-,18?,20-/m0/s1. The Morgan fingerprint density at radius 1 is 1.32 bits per heavy atom. The fourth-order valence-electron chi connectivity index (χ4n) is 5.07. The third-order valence-electron chi connectivity index (χ3n) is 6.65. The van der Waals surface area contributed by atoms with Gasteiger partial charge in [0.2, 0.25) is 0 Å². The van der Waals surface area contributed by atoms with E-state index in [1.54, 1.807) is 0 Å². The maximum atomic E-state index is 13.2.